The zero-order valence-electron chi connectivity index (χ0n) is 15.1. The first-order valence-electron chi connectivity index (χ1n) is 8.67. The van der Waals surface area contributed by atoms with Gasteiger partial charge in [0.2, 0.25) is 5.95 Å². The van der Waals surface area contributed by atoms with Crippen molar-refractivity contribution in [2.75, 3.05) is 37.8 Å². The fourth-order valence-electron chi connectivity index (χ4n) is 2.62. The van der Waals surface area contributed by atoms with Crippen LogP contribution in [0.25, 0.3) is 10.9 Å². The highest BCUT2D eigenvalue weighted by Crippen LogP contribution is 2.23. The third-order valence-corrected chi connectivity index (χ3v) is 4.07. The Morgan fingerprint density at radius 3 is 2.44 bits per heavy atom. The minimum Gasteiger partial charge on any atom is -0.368 e. The Kier molecular flexibility index (Phi) is 5.46. The molecule has 2 aromatic carbocycles. The molecule has 25 heavy (non-hydrogen) atoms. The number of aromatic nitrogens is 2. The molecule has 0 saturated carbocycles. The minimum absolute atomic E-state index is 0.607. The molecule has 0 aliphatic carbocycles. The van der Waals surface area contributed by atoms with E-state index in [9.17, 15) is 0 Å². The van der Waals surface area contributed by atoms with Crippen LogP contribution < -0.4 is 10.6 Å². The molecule has 2 N–H and O–H groups in total. The molecule has 3 aromatic rings. The van der Waals surface area contributed by atoms with Crippen LogP contribution in [-0.2, 0) is 6.42 Å². The number of anilines is 3. The third-order valence-electron chi connectivity index (χ3n) is 4.07. The van der Waals surface area contributed by atoms with Crippen molar-refractivity contribution in [3.05, 3.63) is 54.1 Å². The first kappa shape index (κ1) is 17.2. The second kappa shape index (κ2) is 7.94. The Balaban J connectivity index is 1.86. The maximum Gasteiger partial charge on any atom is 0.229 e. The average Bonchev–Trinajstić information content (AvgIpc) is 2.62. The summed E-state index contributed by atoms with van der Waals surface area (Å²) in [7, 11) is 4.12. The van der Waals surface area contributed by atoms with E-state index < -0.39 is 0 Å². The van der Waals surface area contributed by atoms with E-state index in [4.69, 9.17) is 0 Å². The van der Waals surface area contributed by atoms with Crippen LogP contribution in [0.4, 0.5) is 17.5 Å². The summed E-state index contributed by atoms with van der Waals surface area (Å²) in [6.45, 7) is 3.93. The van der Waals surface area contributed by atoms with Gasteiger partial charge in [0.05, 0.1) is 5.52 Å². The molecule has 0 atom stereocenters. The molecule has 5 heteroatoms. The number of nitrogens with one attached hydrogen (secondary N) is 2. The summed E-state index contributed by atoms with van der Waals surface area (Å²) in [4.78, 5) is 11.5. The molecule has 0 amide bonds. The number of hydrogen-bond donors (Lipinski definition) is 2. The summed E-state index contributed by atoms with van der Waals surface area (Å²) in [5, 5.41) is 7.78. The van der Waals surface area contributed by atoms with Gasteiger partial charge < -0.3 is 15.5 Å². The van der Waals surface area contributed by atoms with Crippen LogP contribution in [-0.4, -0.2) is 42.1 Å². The fraction of sp³-hybridized carbons (Fsp3) is 0.300. The molecule has 1 aromatic heterocycles. The van der Waals surface area contributed by atoms with Crippen molar-refractivity contribution in [2.24, 2.45) is 0 Å². The van der Waals surface area contributed by atoms with Crippen molar-refractivity contribution < 1.29 is 0 Å². The zero-order valence-corrected chi connectivity index (χ0v) is 15.1. The van der Waals surface area contributed by atoms with Crippen molar-refractivity contribution in [1.82, 2.24) is 14.9 Å². The monoisotopic (exact) mass is 335 g/mol. The van der Waals surface area contributed by atoms with E-state index in [1.165, 1.54) is 5.56 Å². The van der Waals surface area contributed by atoms with E-state index in [1.54, 1.807) is 0 Å². The first-order chi connectivity index (χ1) is 12.2. The van der Waals surface area contributed by atoms with Gasteiger partial charge in [0.15, 0.2) is 0 Å². The van der Waals surface area contributed by atoms with E-state index in [2.05, 4.69) is 70.8 Å². The molecule has 0 aliphatic rings. The Labute approximate surface area is 149 Å². The number of benzene rings is 2. The van der Waals surface area contributed by atoms with Crippen LogP contribution in [0.2, 0.25) is 0 Å². The second-order valence-electron chi connectivity index (χ2n) is 6.32. The highest BCUT2D eigenvalue weighted by Gasteiger charge is 2.07. The molecule has 0 spiro atoms. The zero-order chi connectivity index (χ0) is 17.6. The summed E-state index contributed by atoms with van der Waals surface area (Å²) in [6, 6.07) is 16.5. The molecule has 130 valence electrons. The van der Waals surface area contributed by atoms with Gasteiger partial charge in [-0.25, -0.2) is 4.98 Å². The molecule has 0 bridgehead atoms. The maximum absolute atomic E-state index is 4.68. The van der Waals surface area contributed by atoms with E-state index in [1.807, 2.05) is 24.3 Å². The highest BCUT2D eigenvalue weighted by molar-refractivity contribution is 5.90. The van der Waals surface area contributed by atoms with E-state index in [0.717, 1.165) is 41.9 Å². The van der Waals surface area contributed by atoms with Crippen molar-refractivity contribution in [2.45, 2.75) is 13.3 Å². The van der Waals surface area contributed by atoms with Crippen LogP contribution in [0.15, 0.2) is 48.5 Å². The highest BCUT2D eigenvalue weighted by atomic mass is 15.2. The van der Waals surface area contributed by atoms with Gasteiger partial charge >= 0.3 is 0 Å². The van der Waals surface area contributed by atoms with Gasteiger partial charge in [-0.2, -0.15) is 4.98 Å². The predicted octanol–water partition coefficient (Wildman–Crippen LogP) is 3.91. The van der Waals surface area contributed by atoms with E-state index >= 15 is 0 Å². The lowest BCUT2D eigenvalue weighted by Gasteiger charge is -2.14. The maximum atomic E-state index is 4.68. The largest absolute Gasteiger partial charge is 0.368 e. The lowest BCUT2D eigenvalue weighted by atomic mass is 10.1. The second-order valence-corrected chi connectivity index (χ2v) is 6.32. The van der Waals surface area contributed by atoms with Gasteiger partial charge in [-0.05, 0) is 50.3 Å². The molecule has 5 nitrogen and oxygen atoms in total. The smallest absolute Gasteiger partial charge is 0.229 e. The average molecular weight is 335 g/mol. The summed E-state index contributed by atoms with van der Waals surface area (Å²) in [5.41, 5.74) is 3.24. The lowest BCUT2D eigenvalue weighted by Crippen LogP contribution is -2.21. The number of para-hydroxylation sites is 1. The van der Waals surface area contributed by atoms with Gasteiger partial charge in [-0.1, -0.05) is 31.2 Å². The van der Waals surface area contributed by atoms with E-state index in [0.29, 0.717) is 5.95 Å². The van der Waals surface area contributed by atoms with Crippen molar-refractivity contribution >= 4 is 28.4 Å². The van der Waals surface area contributed by atoms with E-state index in [-0.39, 0.29) is 0 Å². The Bertz CT molecular complexity index is 827. The molecule has 0 unspecified atom stereocenters. The van der Waals surface area contributed by atoms with Crippen LogP contribution in [0.1, 0.15) is 12.5 Å². The van der Waals surface area contributed by atoms with Gasteiger partial charge in [0.1, 0.15) is 5.82 Å². The summed E-state index contributed by atoms with van der Waals surface area (Å²) < 4.78 is 0. The van der Waals surface area contributed by atoms with Crippen molar-refractivity contribution in [1.29, 1.82) is 0 Å². The summed E-state index contributed by atoms with van der Waals surface area (Å²) in [5.74, 6) is 1.47. The minimum atomic E-state index is 0.607. The molecular weight excluding hydrogens is 310 g/mol. The Morgan fingerprint density at radius 2 is 1.72 bits per heavy atom. The summed E-state index contributed by atoms with van der Waals surface area (Å²) >= 11 is 0. The summed E-state index contributed by atoms with van der Waals surface area (Å²) in [6.07, 6.45) is 1.03. The topological polar surface area (TPSA) is 53.1 Å². The van der Waals surface area contributed by atoms with Crippen molar-refractivity contribution in [3.8, 4) is 0 Å². The van der Waals surface area contributed by atoms with Crippen LogP contribution >= 0.6 is 0 Å². The fourth-order valence-corrected chi connectivity index (χ4v) is 2.62. The Hall–Kier alpha value is -2.66. The van der Waals surface area contributed by atoms with Crippen molar-refractivity contribution in [3.63, 3.8) is 0 Å². The van der Waals surface area contributed by atoms with Crippen LogP contribution in [0, 0.1) is 0 Å². The molecule has 1 heterocycles. The number of rotatable bonds is 7. The standard InChI is InChI=1S/C20H25N5/c1-4-15-9-11-16(12-10-15)22-20-23-18-8-6-5-7-17(18)19(24-20)21-13-14-25(2)3/h5-12H,4,13-14H2,1-3H3,(H2,21,22,23,24). The van der Waals surface area contributed by atoms with Gasteiger partial charge in [0.25, 0.3) is 0 Å². The number of nitrogens with zero attached hydrogens (tertiary/aromatic N) is 3. The quantitative estimate of drug-likeness (QED) is 0.685. The normalized spacial score (nSPS) is 11.0. The molecule has 0 fully saturated rings. The molecule has 0 aliphatic heterocycles. The molecule has 0 saturated heterocycles. The molecular formula is C20H25N5. The van der Waals surface area contributed by atoms with Gasteiger partial charge in [-0.15, -0.1) is 0 Å². The predicted molar refractivity (Wildman–Crippen MR) is 106 cm³/mol. The Morgan fingerprint density at radius 1 is 0.960 bits per heavy atom. The molecule has 0 radical (unpaired) electrons. The van der Waals surface area contributed by atoms with Gasteiger partial charge in [0, 0.05) is 24.2 Å². The van der Waals surface area contributed by atoms with Crippen LogP contribution in [0.5, 0.6) is 0 Å². The lowest BCUT2D eigenvalue weighted by molar-refractivity contribution is 0.425. The number of hydrogen-bond acceptors (Lipinski definition) is 5. The third kappa shape index (κ3) is 4.45. The molecule has 3 rings (SSSR count). The first-order valence-corrected chi connectivity index (χ1v) is 8.67. The number of aryl methyl sites for hydroxylation is 1. The number of fused-ring (bicyclic) bond motifs is 1. The van der Waals surface area contributed by atoms with Gasteiger partial charge in [-0.3, -0.25) is 0 Å². The van der Waals surface area contributed by atoms with Crippen LogP contribution in [0.3, 0.4) is 0 Å². The number of likely N-dealkylation sites (N-methyl/N-ethyl adjacent to an activating group) is 1. The SMILES string of the molecule is CCc1ccc(Nc2nc(NCCN(C)C)c3ccccc3n2)cc1.